The molecule has 2 aromatic rings. The second-order valence-electron chi connectivity index (χ2n) is 6.55. The van der Waals surface area contributed by atoms with Crippen LogP contribution >= 0.6 is 0 Å². The number of hydrogen-bond acceptors (Lipinski definition) is 7. The summed E-state index contributed by atoms with van der Waals surface area (Å²) in [6.07, 6.45) is 3.42. The summed E-state index contributed by atoms with van der Waals surface area (Å²) < 4.78 is 0. The van der Waals surface area contributed by atoms with E-state index in [-0.39, 0.29) is 18.0 Å². The number of benzene rings is 1. The maximum atomic E-state index is 13.2. The SMILES string of the molecule is C[C@@H]1CC(Nc2cc(C#N)ccn2)CN1C(=O)c1ccccc1N(N)/N=C\N. The van der Waals surface area contributed by atoms with Gasteiger partial charge in [0.05, 0.1) is 22.9 Å². The third kappa shape index (κ3) is 4.02. The number of pyridine rings is 1. The number of para-hydroxylation sites is 1. The van der Waals surface area contributed by atoms with Crippen molar-refractivity contribution in [2.45, 2.75) is 25.4 Å². The van der Waals surface area contributed by atoms with Crippen molar-refractivity contribution in [3.8, 4) is 6.07 Å². The molecule has 0 aliphatic carbocycles. The van der Waals surface area contributed by atoms with E-state index in [1.807, 2.05) is 6.92 Å². The quantitative estimate of drug-likeness (QED) is 0.308. The summed E-state index contributed by atoms with van der Waals surface area (Å²) in [5, 5.41) is 17.2. The van der Waals surface area contributed by atoms with E-state index in [0.29, 0.717) is 29.2 Å². The zero-order valence-corrected chi connectivity index (χ0v) is 15.5. The predicted octanol–water partition coefficient (Wildman–Crippen LogP) is 1.25. The maximum absolute atomic E-state index is 13.2. The first-order valence-electron chi connectivity index (χ1n) is 8.85. The molecule has 1 amide bonds. The van der Waals surface area contributed by atoms with Gasteiger partial charge in [0.15, 0.2) is 0 Å². The topological polar surface area (TPSA) is 137 Å². The molecule has 2 atom stereocenters. The predicted molar refractivity (Wildman–Crippen MR) is 107 cm³/mol. The van der Waals surface area contributed by atoms with Crippen LogP contribution in [0.5, 0.6) is 0 Å². The Kier molecular flexibility index (Phi) is 5.72. The number of carbonyl (C=O) groups is 1. The van der Waals surface area contributed by atoms with Crippen LogP contribution in [0.4, 0.5) is 11.5 Å². The Balaban J connectivity index is 1.76. The fourth-order valence-electron chi connectivity index (χ4n) is 3.35. The first-order chi connectivity index (χ1) is 13.5. The fraction of sp³-hybridized carbons (Fsp3) is 0.263. The molecule has 0 saturated carbocycles. The molecule has 1 aliphatic rings. The third-order valence-electron chi connectivity index (χ3n) is 4.65. The highest BCUT2D eigenvalue weighted by Gasteiger charge is 2.34. The lowest BCUT2D eigenvalue weighted by Gasteiger charge is -2.24. The highest BCUT2D eigenvalue weighted by Crippen LogP contribution is 2.26. The molecule has 0 spiro atoms. The molecule has 0 radical (unpaired) electrons. The molecule has 3 rings (SSSR count). The number of nitrogens with zero attached hydrogens (tertiary/aromatic N) is 5. The summed E-state index contributed by atoms with van der Waals surface area (Å²) in [4.78, 5) is 19.2. The lowest BCUT2D eigenvalue weighted by atomic mass is 10.1. The Bertz CT molecular complexity index is 922. The summed E-state index contributed by atoms with van der Waals surface area (Å²) in [6, 6.07) is 12.5. The summed E-state index contributed by atoms with van der Waals surface area (Å²) in [7, 11) is 0. The zero-order chi connectivity index (χ0) is 20.1. The first kappa shape index (κ1) is 19.1. The summed E-state index contributed by atoms with van der Waals surface area (Å²) >= 11 is 0. The number of nitrogens with one attached hydrogen (secondary N) is 1. The molecule has 9 nitrogen and oxygen atoms in total. The Morgan fingerprint density at radius 3 is 3.00 bits per heavy atom. The van der Waals surface area contributed by atoms with Gasteiger partial charge in [-0.3, -0.25) is 4.79 Å². The van der Waals surface area contributed by atoms with Crippen LogP contribution in [-0.2, 0) is 0 Å². The van der Waals surface area contributed by atoms with Gasteiger partial charge in [0.25, 0.3) is 5.91 Å². The Morgan fingerprint density at radius 1 is 1.46 bits per heavy atom. The smallest absolute Gasteiger partial charge is 0.256 e. The molecule has 1 unspecified atom stereocenters. The molecule has 0 bridgehead atoms. The van der Waals surface area contributed by atoms with Crippen molar-refractivity contribution in [3.63, 3.8) is 0 Å². The highest BCUT2D eigenvalue weighted by atomic mass is 16.2. The Hall–Kier alpha value is -3.64. The van der Waals surface area contributed by atoms with Crippen molar-refractivity contribution in [3.05, 3.63) is 53.7 Å². The van der Waals surface area contributed by atoms with Gasteiger partial charge in [-0.1, -0.05) is 12.1 Å². The number of likely N-dealkylation sites (tertiary alicyclic amines) is 1. The number of rotatable bonds is 5. The molecule has 2 heterocycles. The molecule has 1 aromatic carbocycles. The largest absolute Gasteiger partial charge is 0.388 e. The van der Waals surface area contributed by atoms with Crippen molar-refractivity contribution in [2.75, 3.05) is 17.0 Å². The molecule has 1 saturated heterocycles. The molecule has 1 aliphatic heterocycles. The second-order valence-corrected chi connectivity index (χ2v) is 6.55. The van der Waals surface area contributed by atoms with Crippen molar-refractivity contribution in [1.29, 1.82) is 5.26 Å². The lowest BCUT2D eigenvalue weighted by molar-refractivity contribution is 0.0747. The second kappa shape index (κ2) is 8.37. The van der Waals surface area contributed by atoms with Crippen LogP contribution in [-0.4, -0.2) is 40.8 Å². The van der Waals surface area contributed by atoms with Gasteiger partial charge in [0.1, 0.15) is 12.2 Å². The number of nitriles is 1. The average molecular weight is 378 g/mol. The van der Waals surface area contributed by atoms with Crippen LogP contribution in [0.1, 0.15) is 29.3 Å². The third-order valence-corrected chi connectivity index (χ3v) is 4.65. The van der Waals surface area contributed by atoms with Crippen LogP contribution in [0.15, 0.2) is 47.7 Å². The van der Waals surface area contributed by atoms with Crippen molar-refractivity contribution in [2.24, 2.45) is 16.7 Å². The molecule has 1 fully saturated rings. The van der Waals surface area contributed by atoms with Crippen molar-refractivity contribution < 1.29 is 4.79 Å². The molecule has 5 N–H and O–H groups in total. The van der Waals surface area contributed by atoms with Crippen molar-refractivity contribution >= 4 is 23.8 Å². The van der Waals surface area contributed by atoms with Crippen LogP contribution in [0, 0.1) is 11.3 Å². The van der Waals surface area contributed by atoms with Gasteiger partial charge in [0, 0.05) is 24.8 Å². The number of anilines is 2. The number of nitrogens with two attached hydrogens (primary N) is 2. The van der Waals surface area contributed by atoms with Gasteiger partial charge in [-0.25, -0.2) is 10.8 Å². The standard InChI is InChI=1S/C19H22N8O/c1-13-8-15(25-18-9-14(10-20)6-7-23-18)11-26(13)19(28)16-4-2-3-5-17(16)27(22)24-12-21/h2-7,9,12-13,15H,8,11,22H2,1H3,(H2,21,24)(H,23,25)/t13-,15?/m1/s1. The molecular weight excluding hydrogens is 356 g/mol. The number of amides is 1. The molecule has 144 valence electrons. The summed E-state index contributed by atoms with van der Waals surface area (Å²) in [5.74, 6) is 6.36. The van der Waals surface area contributed by atoms with E-state index in [1.165, 1.54) is 0 Å². The maximum Gasteiger partial charge on any atom is 0.256 e. The molecular formula is C19H22N8O. The zero-order valence-electron chi connectivity index (χ0n) is 15.5. The van der Waals surface area contributed by atoms with E-state index in [1.54, 1.807) is 47.5 Å². The van der Waals surface area contributed by atoms with Gasteiger partial charge >= 0.3 is 0 Å². The fourth-order valence-corrected chi connectivity index (χ4v) is 3.35. The van der Waals surface area contributed by atoms with Gasteiger partial charge in [0.2, 0.25) is 0 Å². The summed E-state index contributed by atoms with van der Waals surface area (Å²) in [5.41, 5.74) is 6.77. The van der Waals surface area contributed by atoms with Gasteiger partial charge in [-0.15, -0.1) is 5.10 Å². The van der Waals surface area contributed by atoms with E-state index < -0.39 is 0 Å². The lowest BCUT2D eigenvalue weighted by Crippen LogP contribution is -2.37. The van der Waals surface area contributed by atoms with E-state index >= 15 is 0 Å². The molecule has 1 aromatic heterocycles. The van der Waals surface area contributed by atoms with Crippen LogP contribution < -0.4 is 22.0 Å². The van der Waals surface area contributed by atoms with E-state index in [0.717, 1.165) is 17.9 Å². The van der Waals surface area contributed by atoms with Crippen molar-refractivity contribution in [1.82, 2.24) is 9.88 Å². The van der Waals surface area contributed by atoms with Crippen LogP contribution in [0.2, 0.25) is 0 Å². The minimum absolute atomic E-state index is 0.0291. The van der Waals surface area contributed by atoms with E-state index in [4.69, 9.17) is 16.8 Å². The number of hydrogen-bond donors (Lipinski definition) is 3. The average Bonchev–Trinajstić information content (AvgIpc) is 3.07. The first-order valence-corrected chi connectivity index (χ1v) is 8.85. The number of hydrazine groups is 1. The number of carbonyl (C=O) groups excluding carboxylic acids is 1. The minimum atomic E-state index is -0.131. The number of aromatic nitrogens is 1. The van der Waals surface area contributed by atoms with Gasteiger partial charge in [-0.05, 0) is 37.6 Å². The minimum Gasteiger partial charge on any atom is -0.388 e. The summed E-state index contributed by atoms with van der Waals surface area (Å²) in [6.45, 7) is 2.51. The molecule has 28 heavy (non-hydrogen) atoms. The van der Waals surface area contributed by atoms with Crippen LogP contribution in [0.3, 0.4) is 0 Å². The Labute approximate surface area is 163 Å². The van der Waals surface area contributed by atoms with E-state index in [9.17, 15) is 4.79 Å². The Morgan fingerprint density at radius 2 is 2.25 bits per heavy atom. The van der Waals surface area contributed by atoms with Gasteiger partial charge < -0.3 is 16.0 Å². The normalized spacial score (nSPS) is 18.8. The number of hydrazone groups is 1. The monoisotopic (exact) mass is 378 g/mol. The van der Waals surface area contributed by atoms with Gasteiger partial charge in [-0.2, -0.15) is 10.4 Å². The van der Waals surface area contributed by atoms with E-state index in [2.05, 4.69) is 21.5 Å². The molecule has 9 heteroatoms. The van der Waals surface area contributed by atoms with Crippen LogP contribution in [0.25, 0.3) is 0 Å². The highest BCUT2D eigenvalue weighted by molar-refractivity contribution is 6.00.